The first-order chi connectivity index (χ1) is 9.11. The smallest absolute Gasteiger partial charge is 0.125 e. The molecule has 2 aromatic rings. The van der Waals surface area contributed by atoms with Gasteiger partial charge < -0.3 is 15.4 Å². The Kier molecular flexibility index (Phi) is 3.95. The fourth-order valence-electron chi connectivity index (χ4n) is 2.22. The number of benzene rings is 2. The second kappa shape index (κ2) is 5.65. The lowest BCUT2D eigenvalue weighted by molar-refractivity contribution is 0.410. The summed E-state index contributed by atoms with van der Waals surface area (Å²) in [4.78, 5) is 2.21. The number of rotatable bonds is 4. The highest BCUT2D eigenvalue weighted by atomic mass is 16.5. The lowest BCUT2D eigenvalue weighted by Crippen LogP contribution is -2.17. The standard InChI is InChI=1S/C16H20N2O/c1-12-6-4-5-7-15(12)18(2)11-13-8-9-14(17)10-16(13)19-3/h4-10H,11,17H2,1-3H3. The van der Waals surface area contributed by atoms with Gasteiger partial charge in [0.15, 0.2) is 0 Å². The van der Waals surface area contributed by atoms with Crippen molar-refractivity contribution in [2.24, 2.45) is 0 Å². The van der Waals surface area contributed by atoms with Crippen molar-refractivity contribution in [3.63, 3.8) is 0 Å². The molecule has 3 nitrogen and oxygen atoms in total. The number of nitrogens with zero attached hydrogens (tertiary/aromatic N) is 1. The molecule has 0 saturated heterocycles. The van der Waals surface area contributed by atoms with Gasteiger partial charge in [-0.3, -0.25) is 0 Å². The van der Waals surface area contributed by atoms with Gasteiger partial charge in [-0.2, -0.15) is 0 Å². The van der Waals surface area contributed by atoms with E-state index < -0.39 is 0 Å². The summed E-state index contributed by atoms with van der Waals surface area (Å²) in [6.07, 6.45) is 0. The number of hydrogen-bond donors (Lipinski definition) is 1. The molecule has 0 heterocycles. The maximum atomic E-state index is 5.78. The van der Waals surface area contributed by atoms with E-state index in [4.69, 9.17) is 10.5 Å². The summed E-state index contributed by atoms with van der Waals surface area (Å²) in [5.74, 6) is 0.834. The molecular weight excluding hydrogens is 236 g/mol. The molecule has 100 valence electrons. The topological polar surface area (TPSA) is 38.5 Å². The summed E-state index contributed by atoms with van der Waals surface area (Å²) in [7, 11) is 3.75. The van der Waals surface area contributed by atoms with E-state index in [0.29, 0.717) is 0 Å². The van der Waals surface area contributed by atoms with Gasteiger partial charge in [-0.1, -0.05) is 24.3 Å². The second-order valence-electron chi connectivity index (χ2n) is 4.71. The first-order valence-electron chi connectivity index (χ1n) is 6.31. The van der Waals surface area contributed by atoms with Crippen LogP contribution in [0.2, 0.25) is 0 Å². The third kappa shape index (κ3) is 2.99. The molecule has 0 bridgehead atoms. The van der Waals surface area contributed by atoms with E-state index in [2.05, 4.69) is 43.1 Å². The zero-order chi connectivity index (χ0) is 13.8. The maximum absolute atomic E-state index is 5.78. The van der Waals surface area contributed by atoms with Gasteiger partial charge in [-0.15, -0.1) is 0 Å². The Labute approximate surface area is 114 Å². The van der Waals surface area contributed by atoms with Crippen LogP contribution < -0.4 is 15.4 Å². The number of anilines is 2. The molecule has 0 radical (unpaired) electrons. The highest BCUT2D eigenvalue weighted by Gasteiger charge is 2.09. The van der Waals surface area contributed by atoms with Gasteiger partial charge in [0.05, 0.1) is 7.11 Å². The summed E-state index contributed by atoms with van der Waals surface area (Å²) in [5.41, 5.74) is 10.1. The number of nitrogens with two attached hydrogens (primary N) is 1. The number of methoxy groups -OCH3 is 1. The predicted octanol–water partition coefficient (Wildman–Crippen LogP) is 3.22. The van der Waals surface area contributed by atoms with E-state index in [1.54, 1.807) is 7.11 Å². The van der Waals surface area contributed by atoms with E-state index in [-0.39, 0.29) is 0 Å². The summed E-state index contributed by atoms with van der Waals surface area (Å²) >= 11 is 0. The van der Waals surface area contributed by atoms with Crippen LogP contribution in [0.15, 0.2) is 42.5 Å². The molecule has 0 fully saturated rings. The van der Waals surface area contributed by atoms with Crippen molar-refractivity contribution in [1.29, 1.82) is 0 Å². The molecule has 0 amide bonds. The Morgan fingerprint density at radius 3 is 2.58 bits per heavy atom. The average Bonchev–Trinajstić information content (AvgIpc) is 2.41. The minimum absolute atomic E-state index is 0.721. The minimum Gasteiger partial charge on any atom is -0.496 e. The number of nitrogen functional groups attached to an aromatic ring is 1. The Morgan fingerprint density at radius 2 is 1.89 bits per heavy atom. The molecule has 2 rings (SSSR count). The molecule has 0 spiro atoms. The Balaban J connectivity index is 2.24. The fourth-order valence-corrected chi connectivity index (χ4v) is 2.22. The summed E-state index contributed by atoms with van der Waals surface area (Å²) in [5, 5.41) is 0. The molecule has 2 N–H and O–H groups in total. The molecule has 0 aromatic heterocycles. The number of ether oxygens (including phenoxy) is 1. The quantitative estimate of drug-likeness (QED) is 0.854. The fraction of sp³-hybridized carbons (Fsp3) is 0.250. The van der Waals surface area contributed by atoms with Gasteiger partial charge in [0.1, 0.15) is 5.75 Å². The molecular formula is C16H20N2O. The van der Waals surface area contributed by atoms with Gasteiger partial charge in [-0.05, 0) is 24.6 Å². The van der Waals surface area contributed by atoms with Crippen LogP contribution in [0.3, 0.4) is 0 Å². The van der Waals surface area contributed by atoms with Crippen LogP contribution in [-0.2, 0) is 6.54 Å². The van der Waals surface area contributed by atoms with Gasteiger partial charge in [0, 0.05) is 36.6 Å². The van der Waals surface area contributed by atoms with Crippen LogP contribution >= 0.6 is 0 Å². The first-order valence-corrected chi connectivity index (χ1v) is 6.31. The molecule has 0 aliphatic carbocycles. The normalized spacial score (nSPS) is 10.3. The van der Waals surface area contributed by atoms with Crippen molar-refractivity contribution in [3.05, 3.63) is 53.6 Å². The lowest BCUT2D eigenvalue weighted by Gasteiger charge is -2.22. The Morgan fingerprint density at radius 1 is 1.16 bits per heavy atom. The third-order valence-corrected chi connectivity index (χ3v) is 3.25. The van der Waals surface area contributed by atoms with Crippen molar-refractivity contribution in [2.45, 2.75) is 13.5 Å². The van der Waals surface area contributed by atoms with Crippen LogP contribution in [0.25, 0.3) is 0 Å². The van der Waals surface area contributed by atoms with Crippen molar-refractivity contribution >= 4 is 11.4 Å². The van der Waals surface area contributed by atoms with Gasteiger partial charge in [0.2, 0.25) is 0 Å². The molecule has 0 aliphatic rings. The van der Waals surface area contributed by atoms with Crippen molar-refractivity contribution in [3.8, 4) is 5.75 Å². The average molecular weight is 256 g/mol. The predicted molar refractivity (Wildman–Crippen MR) is 80.7 cm³/mol. The van der Waals surface area contributed by atoms with Crippen LogP contribution in [0.1, 0.15) is 11.1 Å². The lowest BCUT2D eigenvalue weighted by atomic mass is 10.1. The van der Waals surface area contributed by atoms with Gasteiger partial charge in [0.25, 0.3) is 0 Å². The van der Waals surface area contributed by atoms with E-state index in [1.165, 1.54) is 11.3 Å². The highest BCUT2D eigenvalue weighted by Crippen LogP contribution is 2.26. The molecule has 0 aliphatic heterocycles. The van der Waals surface area contributed by atoms with Crippen LogP contribution in [-0.4, -0.2) is 14.2 Å². The van der Waals surface area contributed by atoms with Crippen LogP contribution in [0.4, 0.5) is 11.4 Å². The number of para-hydroxylation sites is 1. The Hall–Kier alpha value is -2.16. The SMILES string of the molecule is COc1cc(N)ccc1CN(C)c1ccccc1C. The van der Waals surface area contributed by atoms with E-state index in [1.807, 2.05) is 18.2 Å². The van der Waals surface area contributed by atoms with Crippen LogP contribution in [0, 0.1) is 6.92 Å². The molecule has 3 heteroatoms. The van der Waals surface area contributed by atoms with Crippen molar-refractivity contribution in [2.75, 3.05) is 24.8 Å². The van der Waals surface area contributed by atoms with E-state index >= 15 is 0 Å². The minimum atomic E-state index is 0.721. The molecule has 0 saturated carbocycles. The third-order valence-electron chi connectivity index (χ3n) is 3.25. The van der Waals surface area contributed by atoms with Gasteiger partial charge in [-0.25, -0.2) is 0 Å². The van der Waals surface area contributed by atoms with Crippen LogP contribution in [0.5, 0.6) is 5.75 Å². The first kappa shape index (κ1) is 13.3. The number of hydrogen-bond acceptors (Lipinski definition) is 3. The number of aryl methyl sites for hydroxylation is 1. The zero-order valence-electron chi connectivity index (χ0n) is 11.7. The summed E-state index contributed by atoms with van der Waals surface area (Å²) < 4.78 is 5.39. The van der Waals surface area contributed by atoms with Crippen molar-refractivity contribution < 1.29 is 4.74 Å². The Bertz CT molecular complexity index is 566. The second-order valence-corrected chi connectivity index (χ2v) is 4.71. The highest BCUT2D eigenvalue weighted by molar-refractivity contribution is 5.55. The van der Waals surface area contributed by atoms with E-state index in [9.17, 15) is 0 Å². The van der Waals surface area contributed by atoms with Gasteiger partial charge >= 0.3 is 0 Å². The molecule has 0 unspecified atom stereocenters. The molecule has 0 atom stereocenters. The summed E-state index contributed by atoms with van der Waals surface area (Å²) in [6.45, 7) is 2.90. The largest absolute Gasteiger partial charge is 0.496 e. The van der Waals surface area contributed by atoms with E-state index in [0.717, 1.165) is 23.5 Å². The monoisotopic (exact) mass is 256 g/mol. The molecule has 2 aromatic carbocycles. The maximum Gasteiger partial charge on any atom is 0.125 e. The zero-order valence-corrected chi connectivity index (χ0v) is 11.7. The molecule has 19 heavy (non-hydrogen) atoms. The summed E-state index contributed by atoms with van der Waals surface area (Å²) in [6, 6.07) is 14.1. The van der Waals surface area contributed by atoms with Crippen molar-refractivity contribution in [1.82, 2.24) is 0 Å².